The van der Waals surface area contributed by atoms with Crippen LogP contribution in [0.1, 0.15) is 0 Å². The second kappa shape index (κ2) is 4.96. The van der Waals surface area contributed by atoms with Gasteiger partial charge in [0.25, 0.3) is 0 Å². The molecule has 0 bridgehead atoms. The van der Waals surface area contributed by atoms with Gasteiger partial charge in [-0.2, -0.15) is 0 Å². The molecular formula is C4H5BrO. The molecule has 0 aromatic heterocycles. The van der Waals surface area contributed by atoms with E-state index in [2.05, 4.69) is 21.7 Å². The summed E-state index contributed by atoms with van der Waals surface area (Å²) >= 11 is 2.97. The summed E-state index contributed by atoms with van der Waals surface area (Å²) in [6, 6.07) is 0. The fraction of sp³-hybridized carbons (Fsp3) is 0.250. The van der Waals surface area contributed by atoms with Crippen LogP contribution in [0.3, 0.4) is 0 Å². The SMILES string of the molecule is OCC=C=CBr. The molecule has 0 aromatic rings. The summed E-state index contributed by atoms with van der Waals surface area (Å²) in [5.74, 6) is 0. The maximum atomic E-state index is 8.04. The molecule has 0 fully saturated rings. The number of hydrogen-bond donors (Lipinski definition) is 1. The number of hydrogen-bond acceptors (Lipinski definition) is 1. The van der Waals surface area contributed by atoms with Gasteiger partial charge in [-0.25, -0.2) is 0 Å². The summed E-state index contributed by atoms with van der Waals surface area (Å²) in [6.07, 6.45) is 1.51. The minimum atomic E-state index is 0.0576. The second-order valence-electron chi connectivity index (χ2n) is 0.662. The Kier molecular flexibility index (Phi) is 4.93. The van der Waals surface area contributed by atoms with E-state index < -0.39 is 0 Å². The van der Waals surface area contributed by atoms with Crippen LogP contribution in [-0.2, 0) is 0 Å². The van der Waals surface area contributed by atoms with Gasteiger partial charge in [0.1, 0.15) is 0 Å². The molecule has 0 saturated heterocycles. The highest BCUT2D eigenvalue weighted by Crippen LogP contribution is 1.75. The molecule has 2 heteroatoms. The average molecular weight is 149 g/mol. The molecule has 1 nitrogen and oxygen atoms in total. The van der Waals surface area contributed by atoms with Crippen LogP contribution in [0.5, 0.6) is 0 Å². The van der Waals surface area contributed by atoms with Gasteiger partial charge in [-0.1, -0.05) is 15.9 Å². The number of rotatable bonds is 1. The predicted molar refractivity (Wildman–Crippen MR) is 28.7 cm³/mol. The highest BCUT2D eigenvalue weighted by atomic mass is 79.9. The Labute approximate surface area is 45.1 Å². The first-order valence-electron chi connectivity index (χ1n) is 1.52. The molecule has 0 aromatic carbocycles. The van der Waals surface area contributed by atoms with Crippen LogP contribution in [0.25, 0.3) is 0 Å². The first-order chi connectivity index (χ1) is 2.91. The summed E-state index contributed by atoms with van der Waals surface area (Å²) in [5, 5.41) is 8.04. The Bertz CT molecular complexity index is 71.6. The monoisotopic (exact) mass is 148 g/mol. The lowest BCUT2D eigenvalue weighted by Crippen LogP contribution is -1.64. The van der Waals surface area contributed by atoms with Gasteiger partial charge in [0.15, 0.2) is 0 Å². The molecule has 0 aliphatic carbocycles. The van der Waals surface area contributed by atoms with E-state index in [1.165, 1.54) is 6.08 Å². The lowest BCUT2D eigenvalue weighted by molar-refractivity contribution is 0.343. The third-order valence-corrected chi connectivity index (χ3v) is 0.536. The van der Waals surface area contributed by atoms with E-state index in [-0.39, 0.29) is 6.61 Å². The van der Waals surface area contributed by atoms with Crippen molar-refractivity contribution in [1.29, 1.82) is 0 Å². The molecule has 6 heavy (non-hydrogen) atoms. The Balaban J connectivity index is 3.18. The van der Waals surface area contributed by atoms with Crippen LogP contribution in [0.4, 0.5) is 0 Å². The van der Waals surface area contributed by atoms with Gasteiger partial charge in [0, 0.05) is 4.99 Å². The molecular weight excluding hydrogens is 144 g/mol. The van der Waals surface area contributed by atoms with Gasteiger partial charge in [-0.3, -0.25) is 0 Å². The normalized spacial score (nSPS) is 6.33. The van der Waals surface area contributed by atoms with Crippen molar-refractivity contribution < 1.29 is 5.11 Å². The van der Waals surface area contributed by atoms with Crippen molar-refractivity contribution in [2.24, 2.45) is 0 Å². The molecule has 0 amide bonds. The summed E-state index contributed by atoms with van der Waals surface area (Å²) < 4.78 is 0. The molecule has 0 rings (SSSR count). The molecule has 34 valence electrons. The minimum absolute atomic E-state index is 0.0576. The molecule has 0 heterocycles. The summed E-state index contributed by atoms with van der Waals surface area (Å²) in [6.45, 7) is 0.0576. The van der Waals surface area contributed by atoms with Crippen LogP contribution in [-0.4, -0.2) is 11.7 Å². The average Bonchev–Trinajstić information content (AvgIpc) is 1.61. The standard InChI is InChI=1S/C4H5BrO/c5-3-1-2-4-6/h2-3,6H,4H2. The topological polar surface area (TPSA) is 20.2 Å². The largest absolute Gasteiger partial charge is 0.392 e. The summed E-state index contributed by atoms with van der Waals surface area (Å²) in [7, 11) is 0. The van der Waals surface area contributed by atoms with Gasteiger partial charge in [0.05, 0.1) is 6.61 Å². The Morgan fingerprint density at radius 2 is 2.50 bits per heavy atom. The first-order valence-corrected chi connectivity index (χ1v) is 2.44. The fourth-order valence-corrected chi connectivity index (χ4v) is 0.284. The smallest absolute Gasteiger partial charge is 0.0686 e. The first kappa shape index (κ1) is 5.96. The highest BCUT2D eigenvalue weighted by Gasteiger charge is 1.53. The second-order valence-corrected chi connectivity index (χ2v) is 1.12. The van der Waals surface area contributed by atoms with Crippen molar-refractivity contribution in [1.82, 2.24) is 0 Å². The molecule has 0 atom stereocenters. The maximum Gasteiger partial charge on any atom is 0.0686 e. The van der Waals surface area contributed by atoms with Crippen LogP contribution >= 0.6 is 15.9 Å². The van der Waals surface area contributed by atoms with E-state index in [0.717, 1.165) is 0 Å². The van der Waals surface area contributed by atoms with Crippen molar-refractivity contribution in [3.05, 3.63) is 16.8 Å². The highest BCUT2D eigenvalue weighted by molar-refractivity contribution is 9.11. The van der Waals surface area contributed by atoms with Gasteiger partial charge < -0.3 is 5.11 Å². The minimum Gasteiger partial charge on any atom is -0.392 e. The Morgan fingerprint density at radius 3 is 2.67 bits per heavy atom. The zero-order chi connectivity index (χ0) is 4.83. The third kappa shape index (κ3) is 3.96. The van der Waals surface area contributed by atoms with Crippen LogP contribution in [0, 0.1) is 0 Å². The number of halogens is 1. The van der Waals surface area contributed by atoms with E-state index in [0.29, 0.717) is 0 Å². The van der Waals surface area contributed by atoms with E-state index in [1.807, 2.05) is 0 Å². The molecule has 0 saturated carbocycles. The predicted octanol–water partition coefficient (Wildman–Crippen LogP) is 1.04. The van der Waals surface area contributed by atoms with E-state index in [1.54, 1.807) is 4.99 Å². The van der Waals surface area contributed by atoms with Gasteiger partial charge in [-0.15, -0.1) is 5.73 Å². The summed E-state index contributed by atoms with van der Waals surface area (Å²) in [4.78, 5) is 1.56. The van der Waals surface area contributed by atoms with Crippen molar-refractivity contribution in [2.75, 3.05) is 6.61 Å². The van der Waals surface area contributed by atoms with E-state index in [9.17, 15) is 0 Å². The van der Waals surface area contributed by atoms with Crippen molar-refractivity contribution in [3.8, 4) is 0 Å². The van der Waals surface area contributed by atoms with Crippen LogP contribution in [0.2, 0.25) is 0 Å². The van der Waals surface area contributed by atoms with E-state index >= 15 is 0 Å². The molecule has 0 aliphatic rings. The van der Waals surface area contributed by atoms with Gasteiger partial charge >= 0.3 is 0 Å². The van der Waals surface area contributed by atoms with Crippen molar-refractivity contribution in [3.63, 3.8) is 0 Å². The molecule has 0 unspecified atom stereocenters. The molecule has 0 radical (unpaired) electrons. The summed E-state index contributed by atoms with van der Waals surface area (Å²) in [5.41, 5.74) is 2.61. The number of aliphatic hydroxyl groups is 1. The van der Waals surface area contributed by atoms with Crippen molar-refractivity contribution in [2.45, 2.75) is 0 Å². The molecule has 0 aliphatic heterocycles. The zero-order valence-corrected chi connectivity index (χ0v) is 4.77. The quantitative estimate of drug-likeness (QED) is 0.552. The molecule has 0 spiro atoms. The fourth-order valence-electron chi connectivity index (χ4n) is 0.0972. The number of aliphatic hydroxyl groups excluding tert-OH is 1. The molecule has 1 N–H and O–H groups in total. The van der Waals surface area contributed by atoms with Crippen molar-refractivity contribution >= 4 is 15.9 Å². The Morgan fingerprint density at radius 1 is 1.83 bits per heavy atom. The van der Waals surface area contributed by atoms with Gasteiger partial charge in [-0.05, 0) is 6.08 Å². The third-order valence-electron chi connectivity index (χ3n) is 0.272. The van der Waals surface area contributed by atoms with Gasteiger partial charge in [0.2, 0.25) is 0 Å². The van der Waals surface area contributed by atoms with Crippen LogP contribution in [0.15, 0.2) is 16.8 Å². The van der Waals surface area contributed by atoms with Crippen LogP contribution < -0.4 is 0 Å². The lowest BCUT2D eigenvalue weighted by Gasteiger charge is -1.63. The van der Waals surface area contributed by atoms with E-state index in [4.69, 9.17) is 5.11 Å². The maximum absolute atomic E-state index is 8.04. The Hall–Kier alpha value is -0.0400. The lowest BCUT2D eigenvalue weighted by atomic mass is 10.7. The zero-order valence-electron chi connectivity index (χ0n) is 3.19.